The summed E-state index contributed by atoms with van der Waals surface area (Å²) in [5.74, 6) is 0.890. The number of carbonyl (C=O) groups excluding carboxylic acids is 2. The van der Waals surface area contributed by atoms with Crippen LogP contribution in [0.2, 0.25) is 0 Å². The molecule has 3 rings (SSSR count). The van der Waals surface area contributed by atoms with Crippen LogP contribution in [0.25, 0.3) is 0 Å². The quantitative estimate of drug-likeness (QED) is 0.664. The number of piperidine rings is 2. The lowest BCUT2D eigenvalue weighted by atomic mass is 9.93. The average Bonchev–Trinajstić information content (AvgIpc) is 2.68. The van der Waals surface area contributed by atoms with E-state index in [0.29, 0.717) is 18.4 Å². The molecule has 3 amide bonds. The third-order valence-corrected chi connectivity index (χ3v) is 6.32. The molecule has 1 aliphatic carbocycles. The molecule has 2 heterocycles. The largest absolute Gasteiger partial charge is 0.353 e. The lowest BCUT2D eigenvalue weighted by molar-refractivity contribution is -0.122. The van der Waals surface area contributed by atoms with Crippen LogP contribution in [0.5, 0.6) is 0 Å². The molecule has 2 saturated heterocycles. The molecule has 27 heavy (non-hydrogen) atoms. The standard InChI is InChI=1S/C20H36N4O2.ClH/c25-19(7-6-16-8-12-21-13-9-16)22-18-10-14-24(15-11-18)20(26)23-17-4-2-1-3-5-17;/h16-18,21H,1-15H2,(H,22,25)(H,23,26);1H. The molecule has 0 spiro atoms. The number of likely N-dealkylation sites (tertiary alicyclic amines) is 1. The Labute approximate surface area is 170 Å². The van der Waals surface area contributed by atoms with E-state index < -0.39 is 0 Å². The van der Waals surface area contributed by atoms with Gasteiger partial charge in [-0.15, -0.1) is 12.4 Å². The van der Waals surface area contributed by atoms with E-state index in [0.717, 1.165) is 58.3 Å². The molecular weight excluding hydrogens is 364 g/mol. The van der Waals surface area contributed by atoms with Gasteiger partial charge in [0, 0.05) is 31.6 Å². The fraction of sp³-hybridized carbons (Fsp3) is 0.900. The van der Waals surface area contributed by atoms with Crippen molar-refractivity contribution in [3.63, 3.8) is 0 Å². The zero-order chi connectivity index (χ0) is 18.2. The number of rotatable bonds is 5. The van der Waals surface area contributed by atoms with Crippen molar-refractivity contribution in [1.82, 2.24) is 20.9 Å². The fourth-order valence-corrected chi connectivity index (χ4v) is 4.55. The first kappa shape index (κ1) is 22.3. The van der Waals surface area contributed by atoms with Crippen LogP contribution in [-0.2, 0) is 4.79 Å². The molecule has 0 aromatic carbocycles. The van der Waals surface area contributed by atoms with E-state index in [1.807, 2.05) is 4.90 Å². The van der Waals surface area contributed by atoms with Crippen LogP contribution in [0.3, 0.4) is 0 Å². The van der Waals surface area contributed by atoms with Crippen molar-refractivity contribution in [2.24, 2.45) is 5.92 Å². The second kappa shape index (κ2) is 11.7. The summed E-state index contributed by atoms with van der Waals surface area (Å²) in [6.07, 6.45) is 11.8. The van der Waals surface area contributed by atoms with Crippen LogP contribution in [-0.4, -0.2) is 55.1 Å². The highest BCUT2D eigenvalue weighted by Gasteiger charge is 2.26. The van der Waals surface area contributed by atoms with E-state index in [9.17, 15) is 9.59 Å². The third kappa shape index (κ3) is 7.49. The zero-order valence-electron chi connectivity index (χ0n) is 16.5. The van der Waals surface area contributed by atoms with Crippen LogP contribution in [0, 0.1) is 5.92 Å². The molecule has 0 aromatic heterocycles. The van der Waals surface area contributed by atoms with Gasteiger partial charge in [-0.3, -0.25) is 4.79 Å². The van der Waals surface area contributed by atoms with E-state index in [1.54, 1.807) is 0 Å². The first-order valence-corrected chi connectivity index (χ1v) is 10.8. The Morgan fingerprint density at radius 1 is 0.852 bits per heavy atom. The van der Waals surface area contributed by atoms with Crippen LogP contribution >= 0.6 is 12.4 Å². The molecule has 2 aliphatic heterocycles. The molecule has 0 radical (unpaired) electrons. The summed E-state index contributed by atoms with van der Waals surface area (Å²) in [4.78, 5) is 26.5. The Kier molecular flexibility index (Phi) is 9.69. The van der Waals surface area contributed by atoms with Crippen molar-refractivity contribution < 1.29 is 9.59 Å². The molecule has 156 valence electrons. The van der Waals surface area contributed by atoms with Crippen molar-refractivity contribution in [1.29, 1.82) is 0 Å². The van der Waals surface area contributed by atoms with Gasteiger partial charge >= 0.3 is 6.03 Å². The first-order valence-electron chi connectivity index (χ1n) is 10.8. The summed E-state index contributed by atoms with van der Waals surface area (Å²) >= 11 is 0. The minimum Gasteiger partial charge on any atom is -0.353 e. The highest BCUT2D eigenvalue weighted by atomic mass is 35.5. The lowest BCUT2D eigenvalue weighted by Crippen LogP contribution is -2.51. The monoisotopic (exact) mass is 400 g/mol. The normalized spacial score (nSPS) is 22.7. The zero-order valence-corrected chi connectivity index (χ0v) is 17.3. The van der Waals surface area contributed by atoms with E-state index in [-0.39, 0.29) is 30.4 Å². The predicted molar refractivity (Wildman–Crippen MR) is 110 cm³/mol. The number of amides is 3. The van der Waals surface area contributed by atoms with Crippen molar-refractivity contribution in [2.45, 2.75) is 82.7 Å². The number of hydrogen-bond acceptors (Lipinski definition) is 3. The van der Waals surface area contributed by atoms with Crippen LogP contribution < -0.4 is 16.0 Å². The second-order valence-corrected chi connectivity index (χ2v) is 8.35. The molecule has 3 aliphatic rings. The number of nitrogens with one attached hydrogen (secondary N) is 3. The third-order valence-electron chi connectivity index (χ3n) is 6.32. The first-order chi connectivity index (χ1) is 12.7. The van der Waals surface area contributed by atoms with E-state index in [1.165, 1.54) is 32.1 Å². The minimum absolute atomic E-state index is 0. The molecule has 0 aromatic rings. The fourth-order valence-electron chi connectivity index (χ4n) is 4.55. The van der Waals surface area contributed by atoms with Gasteiger partial charge in [0.1, 0.15) is 0 Å². The molecule has 3 fully saturated rings. The lowest BCUT2D eigenvalue weighted by Gasteiger charge is -2.34. The number of urea groups is 1. The maximum atomic E-state index is 12.4. The van der Waals surface area contributed by atoms with Crippen molar-refractivity contribution in [2.75, 3.05) is 26.2 Å². The SMILES string of the molecule is Cl.O=C(CCC1CCNCC1)NC1CCN(C(=O)NC2CCCCC2)CC1. The Balaban J connectivity index is 0.00000261. The Hall–Kier alpha value is -1.01. The van der Waals surface area contributed by atoms with Gasteiger partial charge in [0.05, 0.1) is 0 Å². The average molecular weight is 401 g/mol. The molecule has 1 saturated carbocycles. The number of nitrogens with zero attached hydrogens (tertiary/aromatic N) is 1. The number of carbonyl (C=O) groups is 2. The van der Waals surface area contributed by atoms with Gasteiger partial charge in [0.2, 0.25) is 5.91 Å². The molecule has 0 atom stereocenters. The van der Waals surface area contributed by atoms with E-state index in [2.05, 4.69) is 16.0 Å². The Bertz CT molecular complexity index is 457. The van der Waals surface area contributed by atoms with Crippen molar-refractivity contribution >= 4 is 24.3 Å². The highest BCUT2D eigenvalue weighted by Crippen LogP contribution is 2.19. The van der Waals surface area contributed by atoms with Crippen LogP contribution in [0.15, 0.2) is 0 Å². The van der Waals surface area contributed by atoms with Gasteiger partial charge in [0.15, 0.2) is 0 Å². The van der Waals surface area contributed by atoms with Crippen LogP contribution in [0.4, 0.5) is 4.79 Å². The highest BCUT2D eigenvalue weighted by molar-refractivity contribution is 5.85. The van der Waals surface area contributed by atoms with Gasteiger partial charge in [-0.2, -0.15) is 0 Å². The topological polar surface area (TPSA) is 73.5 Å². The summed E-state index contributed by atoms with van der Waals surface area (Å²) in [6, 6.07) is 0.686. The molecule has 0 unspecified atom stereocenters. The molecular formula is C20H37ClN4O2. The molecule has 6 nitrogen and oxygen atoms in total. The van der Waals surface area contributed by atoms with Crippen LogP contribution in [0.1, 0.15) is 70.6 Å². The Morgan fingerprint density at radius 2 is 1.48 bits per heavy atom. The summed E-state index contributed by atoms with van der Waals surface area (Å²) in [5.41, 5.74) is 0. The maximum Gasteiger partial charge on any atom is 0.317 e. The van der Waals surface area contributed by atoms with E-state index >= 15 is 0 Å². The van der Waals surface area contributed by atoms with E-state index in [4.69, 9.17) is 0 Å². The summed E-state index contributed by atoms with van der Waals surface area (Å²) in [5, 5.41) is 9.75. The van der Waals surface area contributed by atoms with Crippen molar-refractivity contribution in [3.8, 4) is 0 Å². The summed E-state index contributed by atoms with van der Waals surface area (Å²) in [7, 11) is 0. The molecule has 0 bridgehead atoms. The summed E-state index contributed by atoms with van der Waals surface area (Å²) < 4.78 is 0. The smallest absolute Gasteiger partial charge is 0.317 e. The van der Waals surface area contributed by atoms with Gasteiger partial charge in [-0.25, -0.2) is 4.79 Å². The van der Waals surface area contributed by atoms with Gasteiger partial charge in [-0.05, 0) is 64.0 Å². The summed E-state index contributed by atoms with van der Waals surface area (Å²) in [6.45, 7) is 3.68. The number of halogens is 1. The van der Waals surface area contributed by atoms with Gasteiger partial charge in [0.25, 0.3) is 0 Å². The number of hydrogen-bond donors (Lipinski definition) is 3. The molecule has 7 heteroatoms. The van der Waals surface area contributed by atoms with Gasteiger partial charge in [-0.1, -0.05) is 19.3 Å². The Morgan fingerprint density at radius 3 is 2.15 bits per heavy atom. The minimum atomic E-state index is 0. The van der Waals surface area contributed by atoms with Crippen molar-refractivity contribution in [3.05, 3.63) is 0 Å². The maximum absolute atomic E-state index is 12.4. The predicted octanol–water partition coefficient (Wildman–Crippen LogP) is 2.81. The second-order valence-electron chi connectivity index (χ2n) is 8.35. The molecule has 3 N–H and O–H groups in total. The van der Waals surface area contributed by atoms with Gasteiger partial charge < -0.3 is 20.9 Å².